The molecule has 2 aromatic rings. The molecule has 24 heavy (non-hydrogen) atoms. The van der Waals surface area contributed by atoms with Crippen molar-refractivity contribution >= 4 is 23.5 Å². The van der Waals surface area contributed by atoms with Crippen molar-refractivity contribution in [2.45, 2.75) is 17.9 Å². The number of carbonyl (C=O) groups excluding carboxylic acids is 1. The second-order valence-electron chi connectivity index (χ2n) is 5.22. The fraction of sp³-hybridized carbons (Fsp3) is 0.333. The molecule has 1 N–H and O–H groups in total. The van der Waals surface area contributed by atoms with Gasteiger partial charge in [0.05, 0.1) is 18.3 Å². The largest absolute Gasteiger partial charge is 0.382 e. The van der Waals surface area contributed by atoms with E-state index >= 15 is 0 Å². The van der Waals surface area contributed by atoms with Gasteiger partial charge in [-0.2, -0.15) is 0 Å². The van der Waals surface area contributed by atoms with Crippen molar-refractivity contribution < 1.29 is 9.53 Å². The molecule has 0 radical (unpaired) electrons. The quantitative estimate of drug-likeness (QED) is 0.769. The van der Waals surface area contributed by atoms with Gasteiger partial charge >= 0.3 is 6.03 Å². The van der Waals surface area contributed by atoms with E-state index < -0.39 is 0 Å². The van der Waals surface area contributed by atoms with Gasteiger partial charge in [-0.25, -0.2) is 4.79 Å². The van der Waals surface area contributed by atoms with Crippen molar-refractivity contribution in [1.82, 2.24) is 9.88 Å². The van der Waals surface area contributed by atoms with Gasteiger partial charge in [0.15, 0.2) is 0 Å². The number of anilines is 1. The van der Waals surface area contributed by atoms with Gasteiger partial charge in [-0.3, -0.25) is 4.98 Å². The van der Waals surface area contributed by atoms with E-state index in [1.54, 1.807) is 37.0 Å². The number of ether oxygens (including phenoxy) is 1. The molecule has 1 atom stereocenters. The molecular weight excluding hydrogens is 322 g/mol. The number of urea groups is 1. The molecule has 2 amide bonds. The zero-order valence-corrected chi connectivity index (χ0v) is 15.0. The summed E-state index contributed by atoms with van der Waals surface area (Å²) in [6.07, 6.45) is 1.72. The Balaban J connectivity index is 2.06. The lowest BCUT2D eigenvalue weighted by Crippen LogP contribution is -2.37. The van der Waals surface area contributed by atoms with Gasteiger partial charge in [0.25, 0.3) is 0 Å². The Morgan fingerprint density at radius 1 is 1.29 bits per heavy atom. The summed E-state index contributed by atoms with van der Waals surface area (Å²) in [7, 11) is 3.36. The third kappa shape index (κ3) is 4.97. The van der Waals surface area contributed by atoms with E-state index in [9.17, 15) is 4.79 Å². The minimum absolute atomic E-state index is 0.196. The standard InChI is InChI=1S/C18H23N3O2S/c1-4-24-15-10-8-14(9-11-15)20-18(22)21(2)17(13-23-3)16-7-5-6-12-19-16/h5-12,17H,4,13H2,1-3H3,(H,20,22)/t17-/m0/s1. The molecular formula is C18H23N3O2S. The number of carbonyl (C=O) groups is 1. The van der Waals surface area contributed by atoms with Crippen LogP contribution in [0.25, 0.3) is 0 Å². The number of hydrogen-bond donors (Lipinski definition) is 1. The van der Waals surface area contributed by atoms with E-state index in [0.717, 1.165) is 17.1 Å². The van der Waals surface area contributed by atoms with Crippen LogP contribution < -0.4 is 5.32 Å². The normalized spacial score (nSPS) is 11.8. The highest BCUT2D eigenvalue weighted by atomic mass is 32.2. The molecule has 1 heterocycles. The van der Waals surface area contributed by atoms with Crippen LogP contribution in [-0.2, 0) is 4.74 Å². The van der Waals surface area contributed by atoms with Crippen molar-refractivity contribution in [1.29, 1.82) is 0 Å². The summed E-state index contributed by atoms with van der Waals surface area (Å²) in [6.45, 7) is 2.50. The van der Waals surface area contributed by atoms with Crippen LogP contribution in [0.5, 0.6) is 0 Å². The Kier molecular flexibility index (Phi) is 7.08. The zero-order chi connectivity index (χ0) is 17.4. The van der Waals surface area contributed by atoms with Crippen LogP contribution in [-0.4, -0.2) is 42.4 Å². The third-order valence-corrected chi connectivity index (χ3v) is 4.45. The monoisotopic (exact) mass is 345 g/mol. The lowest BCUT2D eigenvalue weighted by molar-refractivity contribution is 0.119. The van der Waals surface area contributed by atoms with Gasteiger partial charge in [-0.15, -0.1) is 11.8 Å². The first kappa shape index (κ1) is 18.3. The molecule has 0 aliphatic carbocycles. The number of rotatable bonds is 7. The molecule has 0 spiro atoms. The van der Waals surface area contributed by atoms with Crippen LogP contribution in [0, 0.1) is 0 Å². The highest BCUT2D eigenvalue weighted by Gasteiger charge is 2.22. The first-order valence-corrected chi connectivity index (χ1v) is 8.80. The van der Waals surface area contributed by atoms with Crippen LogP contribution in [0.4, 0.5) is 10.5 Å². The molecule has 0 unspecified atom stereocenters. The first-order chi connectivity index (χ1) is 11.7. The topological polar surface area (TPSA) is 54.5 Å². The molecule has 0 bridgehead atoms. The number of methoxy groups -OCH3 is 1. The fourth-order valence-electron chi connectivity index (χ4n) is 2.28. The molecule has 0 saturated carbocycles. The number of thioether (sulfide) groups is 1. The molecule has 0 fully saturated rings. The SMILES string of the molecule is CCSc1ccc(NC(=O)N(C)[C@@H](COC)c2ccccn2)cc1. The van der Waals surface area contributed by atoms with Gasteiger partial charge in [0.1, 0.15) is 0 Å². The number of nitrogens with one attached hydrogen (secondary N) is 1. The fourth-order valence-corrected chi connectivity index (χ4v) is 2.94. The Bertz CT molecular complexity index is 634. The van der Waals surface area contributed by atoms with Crippen molar-refractivity contribution in [3.05, 3.63) is 54.4 Å². The highest BCUT2D eigenvalue weighted by molar-refractivity contribution is 7.99. The highest BCUT2D eigenvalue weighted by Crippen LogP contribution is 2.22. The van der Waals surface area contributed by atoms with E-state index in [-0.39, 0.29) is 12.1 Å². The maximum atomic E-state index is 12.5. The van der Waals surface area contributed by atoms with Gasteiger partial charge in [-0.1, -0.05) is 13.0 Å². The van der Waals surface area contributed by atoms with E-state index in [0.29, 0.717) is 6.61 Å². The van der Waals surface area contributed by atoms with Crippen LogP contribution in [0.15, 0.2) is 53.6 Å². The second-order valence-corrected chi connectivity index (χ2v) is 6.56. The molecule has 1 aromatic carbocycles. The maximum absolute atomic E-state index is 12.5. The predicted octanol–water partition coefficient (Wildman–Crippen LogP) is 4.05. The van der Waals surface area contributed by atoms with E-state index in [4.69, 9.17) is 4.74 Å². The van der Waals surface area contributed by atoms with E-state index in [2.05, 4.69) is 17.2 Å². The molecule has 0 saturated heterocycles. The Morgan fingerprint density at radius 2 is 2.04 bits per heavy atom. The smallest absolute Gasteiger partial charge is 0.322 e. The van der Waals surface area contributed by atoms with Crippen molar-refractivity contribution in [3.8, 4) is 0 Å². The summed E-state index contributed by atoms with van der Waals surface area (Å²) in [5, 5.41) is 2.91. The predicted molar refractivity (Wildman–Crippen MR) is 98.5 cm³/mol. The number of hydrogen-bond acceptors (Lipinski definition) is 4. The van der Waals surface area contributed by atoms with Crippen LogP contribution in [0.3, 0.4) is 0 Å². The van der Waals surface area contributed by atoms with Crippen molar-refractivity contribution in [3.63, 3.8) is 0 Å². The average Bonchev–Trinajstić information content (AvgIpc) is 2.61. The number of pyridine rings is 1. The minimum Gasteiger partial charge on any atom is -0.382 e. The number of aromatic nitrogens is 1. The lowest BCUT2D eigenvalue weighted by Gasteiger charge is -2.27. The van der Waals surface area contributed by atoms with Gasteiger partial charge in [0.2, 0.25) is 0 Å². The number of amides is 2. The van der Waals surface area contributed by atoms with Crippen molar-refractivity contribution in [2.24, 2.45) is 0 Å². The lowest BCUT2D eigenvalue weighted by atomic mass is 10.2. The summed E-state index contributed by atoms with van der Waals surface area (Å²) in [5.41, 5.74) is 1.57. The van der Waals surface area contributed by atoms with Gasteiger partial charge in [0, 0.05) is 30.9 Å². The van der Waals surface area contributed by atoms with Gasteiger partial charge in [-0.05, 0) is 42.2 Å². The molecule has 6 heteroatoms. The summed E-state index contributed by atoms with van der Waals surface area (Å²) < 4.78 is 5.26. The summed E-state index contributed by atoms with van der Waals surface area (Å²) in [4.78, 5) is 19.7. The van der Waals surface area contributed by atoms with E-state index in [1.165, 1.54) is 4.90 Å². The zero-order valence-electron chi connectivity index (χ0n) is 14.2. The van der Waals surface area contributed by atoms with Crippen LogP contribution >= 0.6 is 11.8 Å². The van der Waals surface area contributed by atoms with Crippen molar-refractivity contribution in [2.75, 3.05) is 31.8 Å². The third-order valence-electron chi connectivity index (χ3n) is 3.56. The number of nitrogens with zero attached hydrogens (tertiary/aromatic N) is 2. The number of likely N-dealkylation sites (N-methyl/N-ethyl adjacent to an activating group) is 1. The summed E-state index contributed by atoms with van der Waals surface area (Å²) in [5.74, 6) is 1.03. The first-order valence-electron chi connectivity index (χ1n) is 7.82. The number of benzene rings is 1. The molecule has 0 aliphatic rings. The molecule has 2 rings (SSSR count). The molecule has 5 nitrogen and oxygen atoms in total. The second kappa shape index (κ2) is 9.30. The summed E-state index contributed by atoms with van der Waals surface area (Å²) >= 11 is 1.77. The molecule has 1 aromatic heterocycles. The van der Waals surface area contributed by atoms with Crippen LogP contribution in [0.1, 0.15) is 18.7 Å². The van der Waals surface area contributed by atoms with E-state index in [1.807, 2.05) is 42.5 Å². The van der Waals surface area contributed by atoms with Gasteiger partial charge < -0.3 is 15.0 Å². The Morgan fingerprint density at radius 3 is 2.62 bits per heavy atom. The van der Waals surface area contributed by atoms with Crippen LogP contribution in [0.2, 0.25) is 0 Å². The molecule has 0 aliphatic heterocycles. The average molecular weight is 345 g/mol. The maximum Gasteiger partial charge on any atom is 0.322 e. The Hall–Kier alpha value is -2.05. The molecule has 128 valence electrons. The minimum atomic E-state index is -0.244. The summed E-state index contributed by atoms with van der Waals surface area (Å²) in [6, 6.07) is 13.1. The Labute approximate surface area is 147 Å².